The smallest absolute Gasteiger partial charge is 0.261 e. The fourth-order valence-corrected chi connectivity index (χ4v) is 2.77. The summed E-state index contributed by atoms with van der Waals surface area (Å²) < 4.78 is 0. The second kappa shape index (κ2) is 6.35. The predicted molar refractivity (Wildman–Crippen MR) is 92.6 cm³/mol. The lowest BCUT2D eigenvalue weighted by molar-refractivity contribution is -0.108. The van der Waals surface area contributed by atoms with Crippen molar-refractivity contribution in [3.05, 3.63) is 58.7 Å². The summed E-state index contributed by atoms with van der Waals surface area (Å²) in [7, 11) is 3.25. The highest BCUT2D eigenvalue weighted by Gasteiger charge is 2.32. The summed E-state index contributed by atoms with van der Waals surface area (Å²) in [5, 5.41) is 2.12. The van der Waals surface area contributed by atoms with Crippen LogP contribution in [0.5, 0.6) is 0 Å². The number of fused-ring (bicyclic) bond motifs is 1. The fourth-order valence-electron chi connectivity index (χ4n) is 2.77. The number of carbonyl (C=O) groups excluding carboxylic acids is 4. The molecule has 2 aromatic carbocycles. The Morgan fingerprint density at radius 1 is 1.04 bits per heavy atom. The van der Waals surface area contributed by atoms with Gasteiger partial charge in [-0.25, -0.2) is 0 Å². The number of hydrogen-bond donors (Lipinski definition) is 1. The van der Waals surface area contributed by atoms with E-state index in [1.54, 1.807) is 44.5 Å². The zero-order valence-corrected chi connectivity index (χ0v) is 13.7. The van der Waals surface area contributed by atoms with Crippen LogP contribution in [0.2, 0.25) is 0 Å². The van der Waals surface area contributed by atoms with E-state index in [0.29, 0.717) is 23.1 Å². The summed E-state index contributed by atoms with van der Waals surface area (Å²) in [6, 6.07) is 10.3. The van der Waals surface area contributed by atoms with Crippen molar-refractivity contribution in [2.75, 3.05) is 7.05 Å². The van der Waals surface area contributed by atoms with Crippen molar-refractivity contribution in [2.45, 2.75) is 6.92 Å². The zero-order valence-electron chi connectivity index (χ0n) is 13.7. The predicted octanol–water partition coefficient (Wildman–Crippen LogP) is -0.238. The van der Waals surface area contributed by atoms with Gasteiger partial charge in [-0.1, -0.05) is 41.3 Å². The van der Waals surface area contributed by atoms with Crippen LogP contribution in [0.15, 0.2) is 36.4 Å². The van der Waals surface area contributed by atoms with Crippen LogP contribution >= 0.6 is 0 Å². The topological polar surface area (TPSA) is 83.6 Å². The van der Waals surface area contributed by atoms with Crippen molar-refractivity contribution in [3.8, 4) is 0 Å². The van der Waals surface area contributed by atoms with E-state index >= 15 is 0 Å². The Hall–Kier alpha value is -3.22. The first kappa shape index (κ1) is 16.6. The second-order valence-electron chi connectivity index (χ2n) is 5.78. The van der Waals surface area contributed by atoms with Gasteiger partial charge in [0.1, 0.15) is 0 Å². The molecule has 2 aromatic rings. The minimum absolute atomic E-state index is 0.310. The van der Waals surface area contributed by atoms with Crippen LogP contribution in [0, 0.1) is 6.92 Å². The van der Waals surface area contributed by atoms with Crippen LogP contribution in [0.4, 0.5) is 0 Å². The van der Waals surface area contributed by atoms with Gasteiger partial charge < -0.3 is 0 Å². The lowest BCUT2D eigenvalue weighted by Gasteiger charge is -2.08. The molecule has 0 aliphatic carbocycles. The van der Waals surface area contributed by atoms with Crippen molar-refractivity contribution in [1.29, 1.82) is 0 Å². The molecule has 25 heavy (non-hydrogen) atoms. The van der Waals surface area contributed by atoms with E-state index in [-0.39, 0.29) is 11.8 Å². The van der Waals surface area contributed by atoms with E-state index < -0.39 is 5.91 Å². The molecule has 1 radical (unpaired) electrons. The van der Waals surface area contributed by atoms with Gasteiger partial charge in [0, 0.05) is 12.6 Å². The van der Waals surface area contributed by atoms with Gasteiger partial charge in [-0.15, -0.1) is 0 Å². The normalized spacial score (nSPS) is 12.8. The molecular formula is C18H14BN2O4. The van der Waals surface area contributed by atoms with Gasteiger partial charge in [0.25, 0.3) is 17.7 Å². The molecular weight excluding hydrogens is 319 g/mol. The maximum absolute atomic E-state index is 12.1. The maximum Gasteiger partial charge on any atom is 0.261 e. The third-order valence-corrected chi connectivity index (χ3v) is 4.14. The van der Waals surface area contributed by atoms with Crippen molar-refractivity contribution in [1.82, 2.24) is 10.2 Å². The van der Waals surface area contributed by atoms with Crippen LogP contribution in [0.25, 0.3) is 0 Å². The van der Waals surface area contributed by atoms with Crippen molar-refractivity contribution >= 4 is 42.3 Å². The number of nitrogens with one attached hydrogen (secondary N) is 1. The summed E-state index contributed by atoms with van der Waals surface area (Å²) in [6.45, 7) is 1.78. The lowest BCUT2D eigenvalue weighted by Crippen LogP contribution is -2.30. The number of carbonyl (C=O) groups is 4. The highest BCUT2D eigenvalue weighted by Crippen LogP contribution is 2.19. The Kier molecular flexibility index (Phi) is 4.23. The Morgan fingerprint density at radius 3 is 2.40 bits per heavy atom. The molecule has 1 aliphatic rings. The lowest BCUT2D eigenvalue weighted by atomic mass is 9.63. The second-order valence-corrected chi connectivity index (χ2v) is 5.78. The van der Waals surface area contributed by atoms with Gasteiger partial charge in [-0.2, -0.15) is 0 Å². The van der Waals surface area contributed by atoms with E-state index in [1.165, 1.54) is 7.05 Å². The number of benzene rings is 2. The van der Waals surface area contributed by atoms with E-state index in [4.69, 9.17) is 0 Å². The molecule has 4 amide bonds. The summed E-state index contributed by atoms with van der Waals surface area (Å²) in [6.07, 6.45) is 0.345. The highest BCUT2D eigenvalue weighted by molar-refractivity contribution is 6.67. The maximum atomic E-state index is 12.1. The molecule has 0 saturated heterocycles. The first-order chi connectivity index (χ1) is 11.9. The number of imide groups is 2. The SMILES string of the molecule is Cc1ccc([B]c2ccc3c(c2)C(=O)N(C)C3=O)cc1C(=O)NC=O. The minimum atomic E-state index is -0.473. The minimum Gasteiger partial charge on any atom is -0.295 e. The largest absolute Gasteiger partial charge is 0.295 e. The molecule has 1 aliphatic heterocycles. The van der Waals surface area contributed by atoms with Crippen LogP contribution in [-0.4, -0.2) is 43.4 Å². The van der Waals surface area contributed by atoms with Gasteiger partial charge in [0.05, 0.1) is 11.1 Å². The van der Waals surface area contributed by atoms with Gasteiger partial charge >= 0.3 is 0 Å². The first-order valence-corrected chi connectivity index (χ1v) is 7.58. The quantitative estimate of drug-likeness (QED) is 0.476. The standard InChI is InChI=1S/C18H14BN2O4/c1-10-3-4-11(7-14(10)16(23)20-9-22)19-12-5-6-13-15(8-12)18(25)21(2)17(13)24/h3-9H,1-2H3,(H,20,22,23). The van der Waals surface area contributed by atoms with Crippen molar-refractivity contribution < 1.29 is 19.2 Å². The third-order valence-electron chi connectivity index (χ3n) is 4.14. The highest BCUT2D eigenvalue weighted by atomic mass is 16.2. The monoisotopic (exact) mass is 333 g/mol. The molecule has 7 heteroatoms. The van der Waals surface area contributed by atoms with Crippen LogP contribution < -0.4 is 16.2 Å². The number of rotatable bonds is 4. The number of amides is 4. The van der Waals surface area contributed by atoms with Crippen LogP contribution in [0.1, 0.15) is 36.6 Å². The number of nitrogens with zero attached hydrogens (tertiary/aromatic N) is 1. The third kappa shape index (κ3) is 2.96. The molecule has 0 fully saturated rings. The molecule has 0 spiro atoms. The average molecular weight is 333 g/mol. The van der Waals surface area contributed by atoms with Gasteiger partial charge in [0.2, 0.25) is 6.41 Å². The Balaban J connectivity index is 1.90. The number of hydrogen-bond acceptors (Lipinski definition) is 4. The summed E-state index contributed by atoms with van der Waals surface area (Å²) in [5.74, 6) is -1.11. The van der Waals surface area contributed by atoms with Crippen LogP contribution in [-0.2, 0) is 4.79 Å². The van der Waals surface area contributed by atoms with E-state index in [9.17, 15) is 19.2 Å². The Morgan fingerprint density at radius 2 is 1.68 bits per heavy atom. The first-order valence-electron chi connectivity index (χ1n) is 7.58. The Bertz CT molecular complexity index is 923. The van der Waals surface area contributed by atoms with E-state index in [2.05, 4.69) is 5.32 Å². The van der Waals surface area contributed by atoms with Crippen molar-refractivity contribution in [3.63, 3.8) is 0 Å². The summed E-state index contributed by atoms with van der Waals surface area (Å²) in [5.41, 5.74) is 3.38. The summed E-state index contributed by atoms with van der Waals surface area (Å²) in [4.78, 5) is 47.4. The molecule has 6 nitrogen and oxygen atoms in total. The average Bonchev–Trinajstić information content (AvgIpc) is 2.81. The van der Waals surface area contributed by atoms with Gasteiger partial charge in [-0.05, 0) is 18.6 Å². The fraction of sp³-hybridized carbons (Fsp3) is 0.111. The molecule has 0 unspecified atom stereocenters. The molecule has 123 valence electrons. The molecule has 0 bridgehead atoms. The molecule has 1 N–H and O–H groups in total. The molecule has 0 saturated carbocycles. The Labute approximate surface area is 145 Å². The van der Waals surface area contributed by atoms with E-state index in [1.807, 2.05) is 6.07 Å². The molecule has 3 rings (SSSR count). The summed E-state index contributed by atoms with van der Waals surface area (Å²) >= 11 is 0. The van der Waals surface area contributed by atoms with Crippen LogP contribution in [0.3, 0.4) is 0 Å². The van der Waals surface area contributed by atoms with Gasteiger partial charge in [0.15, 0.2) is 7.28 Å². The van der Waals surface area contributed by atoms with Gasteiger partial charge in [-0.3, -0.25) is 29.4 Å². The van der Waals surface area contributed by atoms with E-state index in [0.717, 1.165) is 21.4 Å². The molecule has 0 aromatic heterocycles. The zero-order chi connectivity index (χ0) is 18.1. The number of aryl methyl sites for hydroxylation is 1. The molecule has 1 heterocycles. The molecule has 0 atom stereocenters. The van der Waals surface area contributed by atoms with Crippen molar-refractivity contribution in [2.24, 2.45) is 0 Å².